The zero-order valence-corrected chi connectivity index (χ0v) is 12.8. The molecule has 0 radical (unpaired) electrons. The van der Waals surface area contributed by atoms with Crippen molar-refractivity contribution in [2.45, 2.75) is 32.2 Å². The summed E-state index contributed by atoms with van der Waals surface area (Å²) in [4.78, 5) is 23.5. The lowest BCUT2D eigenvalue weighted by Crippen LogP contribution is -2.39. The lowest BCUT2D eigenvalue weighted by Gasteiger charge is -2.19. The Hall–Kier alpha value is -2.21. The largest absolute Gasteiger partial charge is 0.383 e. The minimum Gasteiger partial charge on any atom is -0.383 e. The maximum Gasteiger partial charge on any atom is 0.235 e. The number of amides is 2. The maximum absolute atomic E-state index is 12.2. The molecule has 116 valence electrons. The number of benzene rings is 1. The molecule has 1 fully saturated rings. The summed E-state index contributed by atoms with van der Waals surface area (Å²) >= 11 is 0. The van der Waals surface area contributed by atoms with Crippen LogP contribution in [0, 0.1) is 6.92 Å². The number of para-hydroxylation sites is 1. The fourth-order valence-electron chi connectivity index (χ4n) is 2.99. The van der Waals surface area contributed by atoms with Gasteiger partial charge in [-0.25, -0.2) is 0 Å². The van der Waals surface area contributed by atoms with Gasteiger partial charge < -0.3 is 4.74 Å². The van der Waals surface area contributed by atoms with Crippen LogP contribution in [0.4, 0.5) is 0 Å². The summed E-state index contributed by atoms with van der Waals surface area (Å²) in [6.07, 6.45) is 0.865. The van der Waals surface area contributed by atoms with Crippen molar-refractivity contribution in [3.05, 3.63) is 29.5 Å². The van der Waals surface area contributed by atoms with E-state index in [0.29, 0.717) is 26.0 Å². The lowest BCUT2D eigenvalue weighted by atomic mass is 9.92. The smallest absolute Gasteiger partial charge is 0.235 e. The number of aryl methyl sites for hydroxylation is 1. The predicted molar refractivity (Wildman–Crippen MR) is 81.5 cm³/mol. The molecule has 1 atom stereocenters. The number of ether oxygens (including phenoxy) is 1. The summed E-state index contributed by atoms with van der Waals surface area (Å²) < 4.78 is 7.04. The molecule has 0 saturated carbocycles. The minimum absolute atomic E-state index is 0.208. The van der Waals surface area contributed by atoms with E-state index in [0.717, 1.165) is 22.2 Å². The van der Waals surface area contributed by atoms with Gasteiger partial charge in [-0.1, -0.05) is 18.2 Å². The summed E-state index contributed by atoms with van der Waals surface area (Å²) in [5.74, 6) is -0.831. The van der Waals surface area contributed by atoms with Gasteiger partial charge in [-0.2, -0.15) is 5.10 Å². The van der Waals surface area contributed by atoms with E-state index in [9.17, 15) is 9.59 Å². The van der Waals surface area contributed by atoms with Crippen molar-refractivity contribution in [1.29, 1.82) is 0 Å². The third-order valence-electron chi connectivity index (χ3n) is 4.08. The zero-order chi connectivity index (χ0) is 15.7. The third kappa shape index (κ3) is 2.50. The first-order chi connectivity index (χ1) is 10.6. The van der Waals surface area contributed by atoms with Crippen LogP contribution in [0.1, 0.15) is 30.0 Å². The van der Waals surface area contributed by atoms with E-state index in [1.54, 1.807) is 7.11 Å². The van der Waals surface area contributed by atoms with Gasteiger partial charge in [0.25, 0.3) is 0 Å². The number of aromatic nitrogens is 2. The van der Waals surface area contributed by atoms with E-state index in [-0.39, 0.29) is 17.7 Å². The molecule has 1 aromatic carbocycles. The Kier molecular flexibility index (Phi) is 3.94. The molecule has 2 aromatic rings. The summed E-state index contributed by atoms with van der Waals surface area (Å²) in [6.45, 7) is 3.21. The van der Waals surface area contributed by atoms with Crippen LogP contribution in [0.5, 0.6) is 0 Å². The molecular formula is C16H19N3O3. The van der Waals surface area contributed by atoms with Crippen molar-refractivity contribution < 1.29 is 14.3 Å². The normalized spacial score (nSPS) is 18.7. The van der Waals surface area contributed by atoms with Gasteiger partial charge in [0.15, 0.2) is 0 Å². The van der Waals surface area contributed by atoms with Crippen molar-refractivity contribution in [3.63, 3.8) is 0 Å². The number of hydrogen-bond donors (Lipinski definition) is 1. The second-order valence-corrected chi connectivity index (χ2v) is 5.58. The average Bonchev–Trinajstić information content (AvgIpc) is 2.85. The van der Waals surface area contributed by atoms with Gasteiger partial charge >= 0.3 is 0 Å². The monoisotopic (exact) mass is 301 g/mol. The van der Waals surface area contributed by atoms with Crippen LogP contribution in [0.25, 0.3) is 10.9 Å². The first-order valence-corrected chi connectivity index (χ1v) is 7.40. The third-order valence-corrected chi connectivity index (χ3v) is 4.08. The topological polar surface area (TPSA) is 73.2 Å². The molecule has 22 heavy (non-hydrogen) atoms. The molecule has 6 nitrogen and oxygen atoms in total. The molecule has 1 aliphatic heterocycles. The number of rotatable bonds is 4. The second kappa shape index (κ2) is 5.88. The number of imide groups is 1. The van der Waals surface area contributed by atoms with Gasteiger partial charge in [-0.05, 0) is 18.9 Å². The van der Waals surface area contributed by atoms with Crippen LogP contribution in [0.15, 0.2) is 18.2 Å². The van der Waals surface area contributed by atoms with E-state index in [4.69, 9.17) is 4.74 Å². The van der Waals surface area contributed by atoms with E-state index in [1.165, 1.54) is 0 Å². The second-order valence-electron chi connectivity index (χ2n) is 5.58. The van der Waals surface area contributed by atoms with Crippen LogP contribution in [0.3, 0.4) is 0 Å². The Balaban J connectivity index is 2.08. The van der Waals surface area contributed by atoms with E-state index in [2.05, 4.69) is 10.4 Å². The SMILES string of the molecule is COCCn1nc(C2CCC(=O)NC2=O)c2cccc(C)c21. The van der Waals surface area contributed by atoms with E-state index in [1.807, 2.05) is 29.8 Å². The first-order valence-electron chi connectivity index (χ1n) is 7.40. The molecule has 1 saturated heterocycles. The standard InChI is InChI=1S/C16H19N3O3/c1-10-4-3-5-11-14(12-6-7-13(20)17-16(12)21)18-19(15(10)11)8-9-22-2/h3-5,12H,6-9H2,1-2H3,(H,17,20,21). The Morgan fingerprint density at radius 2 is 2.23 bits per heavy atom. The number of hydrogen-bond acceptors (Lipinski definition) is 4. The molecule has 0 bridgehead atoms. The Morgan fingerprint density at radius 1 is 1.41 bits per heavy atom. The van der Waals surface area contributed by atoms with Crippen molar-refractivity contribution in [3.8, 4) is 0 Å². The van der Waals surface area contributed by atoms with Crippen LogP contribution >= 0.6 is 0 Å². The van der Waals surface area contributed by atoms with Crippen molar-refractivity contribution in [2.75, 3.05) is 13.7 Å². The molecule has 1 unspecified atom stereocenters. The van der Waals surface area contributed by atoms with E-state index >= 15 is 0 Å². The molecule has 6 heteroatoms. The Bertz CT molecular complexity index is 736. The highest BCUT2D eigenvalue weighted by molar-refractivity contribution is 6.02. The molecule has 3 rings (SSSR count). The van der Waals surface area contributed by atoms with Gasteiger partial charge in [0, 0.05) is 18.9 Å². The number of piperidine rings is 1. The molecule has 1 N–H and O–H groups in total. The maximum atomic E-state index is 12.2. The quantitative estimate of drug-likeness (QED) is 0.869. The Labute approximate surface area is 128 Å². The van der Waals surface area contributed by atoms with Crippen LogP contribution in [-0.2, 0) is 20.9 Å². The molecular weight excluding hydrogens is 282 g/mol. The van der Waals surface area contributed by atoms with Gasteiger partial charge in [0.1, 0.15) is 0 Å². The minimum atomic E-state index is -0.370. The highest BCUT2D eigenvalue weighted by Gasteiger charge is 2.31. The fraction of sp³-hybridized carbons (Fsp3) is 0.438. The summed E-state index contributed by atoms with van der Waals surface area (Å²) in [5.41, 5.74) is 2.89. The summed E-state index contributed by atoms with van der Waals surface area (Å²) in [7, 11) is 1.65. The number of nitrogens with one attached hydrogen (secondary N) is 1. The van der Waals surface area contributed by atoms with Gasteiger partial charge in [-0.3, -0.25) is 19.6 Å². The molecule has 2 amide bonds. The number of nitrogens with zero attached hydrogens (tertiary/aromatic N) is 2. The van der Waals surface area contributed by atoms with Crippen LogP contribution < -0.4 is 5.32 Å². The van der Waals surface area contributed by atoms with Crippen molar-refractivity contribution in [2.24, 2.45) is 0 Å². The average molecular weight is 301 g/mol. The van der Waals surface area contributed by atoms with Crippen LogP contribution in [0.2, 0.25) is 0 Å². The molecule has 1 aromatic heterocycles. The van der Waals surface area contributed by atoms with Crippen molar-refractivity contribution >= 4 is 22.7 Å². The molecule has 2 heterocycles. The van der Waals surface area contributed by atoms with Gasteiger partial charge in [0.2, 0.25) is 11.8 Å². The number of carbonyl (C=O) groups is 2. The predicted octanol–water partition coefficient (Wildman–Crippen LogP) is 1.51. The number of methoxy groups -OCH3 is 1. The number of fused-ring (bicyclic) bond motifs is 1. The summed E-state index contributed by atoms with van der Waals surface area (Å²) in [5, 5.41) is 8.04. The molecule has 1 aliphatic rings. The molecule has 0 spiro atoms. The van der Waals surface area contributed by atoms with Crippen molar-refractivity contribution in [1.82, 2.24) is 15.1 Å². The zero-order valence-electron chi connectivity index (χ0n) is 12.8. The molecule has 0 aliphatic carbocycles. The fourth-order valence-corrected chi connectivity index (χ4v) is 2.99. The van der Waals surface area contributed by atoms with Crippen LogP contribution in [-0.4, -0.2) is 35.3 Å². The highest BCUT2D eigenvalue weighted by atomic mass is 16.5. The van der Waals surface area contributed by atoms with Gasteiger partial charge in [0.05, 0.1) is 30.3 Å². The lowest BCUT2D eigenvalue weighted by molar-refractivity contribution is -0.134. The van der Waals surface area contributed by atoms with E-state index < -0.39 is 0 Å². The first kappa shape index (κ1) is 14.7. The number of carbonyl (C=O) groups excluding carboxylic acids is 2. The highest BCUT2D eigenvalue weighted by Crippen LogP contribution is 2.31. The van der Waals surface area contributed by atoms with Gasteiger partial charge in [-0.15, -0.1) is 0 Å². The Morgan fingerprint density at radius 3 is 2.95 bits per heavy atom. The summed E-state index contributed by atoms with van der Waals surface area (Å²) in [6, 6.07) is 5.98.